The molecule has 0 atom stereocenters. The average molecular weight is 698 g/mol. The van der Waals surface area contributed by atoms with Gasteiger partial charge in [-0.25, -0.2) is 0 Å². The molecule has 0 saturated heterocycles. The standard InChI is InChI=1S/C52H31N3/c53-32-34-28-29-49-47(30-34)41-20-10-11-27-48(41)55(49)52-38(33-54)18-13-26-40(52)37-17-12-16-36(31-37)39-19-4-5-21-42(39)51-45-24-8-6-22-43(45)50(35-14-2-1-3-15-35)44-23-7-9-25-46(44)51/h1-31H. The number of nitriles is 2. The first-order chi connectivity index (χ1) is 27.2. The monoisotopic (exact) mass is 697 g/mol. The maximum absolute atomic E-state index is 10.6. The molecule has 0 radical (unpaired) electrons. The highest BCUT2D eigenvalue weighted by Crippen LogP contribution is 2.46. The molecule has 55 heavy (non-hydrogen) atoms. The van der Waals surface area contributed by atoms with E-state index in [4.69, 9.17) is 0 Å². The van der Waals surface area contributed by atoms with Crippen molar-refractivity contribution in [1.82, 2.24) is 4.57 Å². The number of benzene rings is 9. The van der Waals surface area contributed by atoms with Crippen LogP contribution in [0.25, 0.3) is 93.5 Å². The first-order valence-electron chi connectivity index (χ1n) is 18.4. The number of hydrogen-bond donors (Lipinski definition) is 0. The molecule has 0 aliphatic rings. The maximum atomic E-state index is 10.6. The number of aromatic nitrogens is 1. The molecule has 3 nitrogen and oxygen atoms in total. The zero-order valence-corrected chi connectivity index (χ0v) is 29.7. The molecule has 10 rings (SSSR count). The van der Waals surface area contributed by atoms with Crippen molar-refractivity contribution in [2.45, 2.75) is 0 Å². The Balaban J connectivity index is 1.21. The molecule has 1 aromatic heterocycles. The van der Waals surface area contributed by atoms with Gasteiger partial charge in [-0.15, -0.1) is 0 Å². The molecular formula is C52H31N3. The summed E-state index contributed by atoms with van der Waals surface area (Å²) in [6, 6.07) is 70.4. The van der Waals surface area contributed by atoms with E-state index in [1.54, 1.807) is 0 Å². The fourth-order valence-electron chi connectivity index (χ4n) is 8.53. The zero-order chi connectivity index (χ0) is 36.9. The summed E-state index contributed by atoms with van der Waals surface area (Å²) in [5.74, 6) is 0. The quantitative estimate of drug-likeness (QED) is 0.168. The van der Waals surface area contributed by atoms with Gasteiger partial charge in [-0.05, 0) is 96.9 Å². The van der Waals surface area contributed by atoms with Crippen molar-refractivity contribution < 1.29 is 0 Å². The Hall–Kier alpha value is -7.72. The number of fused-ring (bicyclic) bond motifs is 5. The first kappa shape index (κ1) is 32.0. The fraction of sp³-hybridized carbons (Fsp3) is 0. The van der Waals surface area contributed by atoms with Gasteiger partial charge >= 0.3 is 0 Å². The van der Waals surface area contributed by atoms with Gasteiger partial charge in [0.25, 0.3) is 0 Å². The van der Waals surface area contributed by atoms with Crippen molar-refractivity contribution in [3.05, 3.63) is 199 Å². The molecule has 3 heteroatoms. The molecular weight excluding hydrogens is 667 g/mol. The topological polar surface area (TPSA) is 52.5 Å². The lowest BCUT2D eigenvalue weighted by Crippen LogP contribution is -2.01. The molecule has 254 valence electrons. The van der Waals surface area contributed by atoms with Gasteiger partial charge in [-0.3, -0.25) is 0 Å². The second-order valence-corrected chi connectivity index (χ2v) is 13.8. The van der Waals surface area contributed by atoms with Gasteiger partial charge in [0.2, 0.25) is 0 Å². The Morgan fingerprint density at radius 1 is 0.345 bits per heavy atom. The van der Waals surface area contributed by atoms with E-state index < -0.39 is 0 Å². The van der Waals surface area contributed by atoms with E-state index in [0.717, 1.165) is 55.3 Å². The Bertz CT molecular complexity index is 3170. The summed E-state index contributed by atoms with van der Waals surface area (Å²) in [4.78, 5) is 0. The van der Waals surface area contributed by atoms with Gasteiger partial charge < -0.3 is 4.57 Å². The number of hydrogen-bond acceptors (Lipinski definition) is 2. The Labute approximate surface area is 318 Å². The summed E-state index contributed by atoms with van der Waals surface area (Å²) < 4.78 is 2.19. The van der Waals surface area contributed by atoms with Crippen molar-refractivity contribution in [1.29, 1.82) is 10.5 Å². The number of rotatable bonds is 5. The fourth-order valence-corrected chi connectivity index (χ4v) is 8.53. The Morgan fingerprint density at radius 2 is 0.873 bits per heavy atom. The predicted molar refractivity (Wildman–Crippen MR) is 227 cm³/mol. The third-order valence-electron chi connectivity index (χ3n) is 10.9. The van der Waals surface area contributed by atoms with Crippen LogP contribution in [-0.4, -0.2) is 4.57 Å². The van der Waals surface area contributed by atoms with Crippen molar-refractivity contribution in [2.75, 3.05) is 0 Å². The van der Waals surface area contributed by atoms with Crippen LogP contribution in [0.1, 0.15) is 11.1 Å². The largest absolute Gasteiger partial charge is 0.307 e. The summed E-state index contributed by atoms with van der Waals surface area (Å²) in [5, 5.41) is 27.2. The van der Waals surface area contributed by atoms with Crippen LogP contribution in [-0.2, 0) is 0 Å². The van der Waals surface area contributed by atoms with Gasteiger partial charge in [-0.2, -0.15) is 10.5 Å². The van der Waals surface area contributed by atoms with E-state index in [0.29, 0.717) is 11.1 Å². The Kier molecular flexibility index (Phi) is 7.58. The predicted octanol–water partition coefficient (Wildman–Crippen LogP) is 13.5. The normalized spacial score (nSPS) is 11.2. The molecule has 10 aromatic rings. The second kappa shape index (κ2) is 13.0. The highest BCUT2D eigenvalue weighted by Gasteiger charge is 2.21. The Morgan fingerprint density at radius 3 is 1.56 bits per heavy atom. The molecule has 0 N–H and O–H groups in total. The number of nitrogens with zero attached hydrogens (tertiary/aromatic N) is 3. The van der Waals surface area contributed by atoms with E-state index in [2.05, 4.69) is 162 Å². The van der Waals surface area contributed by atoms with Crippen LogP contribution in [0.3, 0.4) is 0 Å². The number of para-hydroxylation sites is 2. The van der Waals surface area contributed by atoms with Crippen LogP contribution in [0.4, 0.5) is 0 Å². The molecule has 1 heterocycles. The van der Waals surface area contributed by atoms with Gasteiger partial charge in [0, 0.05) is 16.3 Å². The summed E-state index contributed by atoms with van der Waals surface area (Å²) in [6.07, 6.45) is 0. The summed E-state index contributed by atoms with van der Waals surface area (Å²) in [7, 11) is 0. The lowest BCUT2D eigenvalue weighted by atomic mass is 9.83. The van der Waals surface area contributed by atoms with Crippen LogP contribution in [0, 0.1) is 22.7 Å². The lowest BCUT2D eigenvalue weighted by molar-refractivity contribution is 1.17. The SMILES string of the molecule is N#Cc1ccc2c(c1)c1ccccc1n2-c1c(C#N)cccc1-c1cccc(-c2ccccc2-c2c3ccccc3c(-c3ccccc3)c3ccccc23)c1. The molecule has 9 aromatic carbocycles. The molecule has 0 unspecified atom stereocenters. The smallest absolute Gasteiger partial charge is 0.101 e. The minimum Gasteiger partial charge on any atom is -0.307 e. The summed E-state index contributed by atoms with van der Waals surface area (Å²) in [6.45, 7) is 0. The average Bonchev–Trinajstić information content (AvgIpc) is 3.58. The van der Waals surface area contributed by atoms with Crippen molar-refractivity contribution >= 4 is 43.4 Å². The highest BCUT2D eigenvalue weighted by molar-refractivity contribution is 6.22. The van der Waals surface area contributed by atoms with Gasteiger partial charge in [-0.1, -0.05) is 152 Å². The van der Waals surface area contributed by atoms with Crippen LogP contribution >= 0.6 is 0 Å². The van der Waals surface area contributed by atoms with Crippen molar-refractivity contribution in [2.24, 2.45) is 0 Å². The minimum absolute atomic E-state index is 0.576. The summed E-state index contributed by atoms with van der Waals surface area (Å²) >= 11 is 0. The van der Waals surface area contributed by atoms with Gasteiger partial charge in [0.1, 0.15) is 6.07 Å². The van der Waals surface area contributed by atoms with Crippen LogP contribution < -0.4 is 0 Å². The first-order valence-corrected chi connectivity index (χ1v) is 18.4. The molecule has 0 aliphatic carbocycles. The third-order valence-corrected chi connectivity index (χ3v) is 10.9. The zero-order valence-electron chi connectivity index (χ0n) is 29.7. The van der Waals surface area contributed by atoms with E-state index in [1.807, 2.05) is 42.5 Å². The second-order valence-electron chi connectivity index (χ2n) is 13.8. The van der Waals surface area contributed by atoms with E-state index in [1.165, 1.54) is 38.2 Å². The van der Waals surface area contributed by atoms with Crippen molar-refractivity contribution in [3.63, 3.8) is 0 Å². The van der Waals surface area contributed by atoms with Gasteiger partial charge in [0.15, 0.2) is 0 Å². The lowest BCUT2D eigenvalue weighted by Gasteiger charge is -2.20. The summed E-state index contributed by atoms with van der Waals surface area (Å²) in [5.41, 5.74) is 12.9. The molecule has 0 bridgehead atoms. The maximum Gasteiger partial charge on any atom is 0.101 e. The molecule has 0 fully saturated rings. The van der Waals surface area contributed by atoms with E-state index >= 15 is 0 Å². The molecule has 0 amide bonds. The van der Waals surface area contributed by atoms with E-state index in [9.17, 15) is 10.5 Å². The molecule has 0 spiro atoms. The van der Waals surface area contributed by atoms with Crippen molar-refractivity contribution in [3.8, 4) is 62.3 Å². The van der Waals surface area contributed by atoms with Gasteiger partial charge in [0.05, 0.1) is 33.9 Å². The van der Waals surface area contributed by atoms with Crippen LogP contribution in [0.15, 0.2) is 188 Å². The highest BCUT2D eigenvalue weighted by atomic mass is 15.0. The minimum atomic E-state index is 0.576. The molecule has 0 aliphatic heterocycles. The van der Waals surface area contributed by atoms with Crippen LogP contribution in [0.2, 0.25) is 0 Å². The molecule has 0 saturated carbocycles. The van der Waals surface area contributed by atoms with Crippen LogP contribution in [0.5, 0.6) is 0 Å². The third kappa shape index (κ3) is 5.11. The van der Waals surface area contributed by atoms with E-state index in [-0.39, 0.29) is 0 Å².